The quantitative estimate of drug-likeness (QED) is 0.687. The highest BCUT2D eigenvalue weighted by Crippen LogP contribution is 2.14. The number of anilines is 1. The number of nitrogens with one attached hydrogen (secondary N) is 2. The fraction of sp³-hybridized carbons (Fsp3) is 0.286. The number of hydrogen-bond donors (Lipinski definition) is 2. The van der Waals surface area contributed by atoms with Crippen molar-refractivity contribution in [3.63, 3.8) is 0 Å². The van der Waals surface area contributed by atoms with Crippen molar-refractivity contribution in [1.82, 2.24) is 5.32 Å². The summed E-state index contributed by atoms with van der Waals surface area (Å²) in [6.45, 7) is 3.94. The molecular weight excluding hydrogens is 380 g/mol. The molecule has 0 heterocycles. The van der Waals surface area contributed by atoms with Crippen LogP contribution in [-0.2, 0) is 9.53 Å². The number of methoxy groups -OCH3 is 1. The first-order valence-corrected chi connectivity index (χ1v) is 9.23. The van der Waals surface area contributed by atoms with Crippen molar-refractivity contribution in [3.8, 4) is 0 Å². The topological polar surface area (TPSA) is 84.5 Å². The lowest BCUT2D eigenvalue weighted by Gasteiger charge is -2.20. The largest absolute Gasteiger partial charge is 0.465 e. The van der Waals surface area contributed by atoms with Gasteiger partial charge in [-0.2, -0.15) is 0 Å². The Morgan fingerprint density at radius 3 is 2.07 bits per heavy atom. The lowest BCUT2D eigenvalue weighted by atomic mass is 10.0. The lowest BCUT2D eigenvalue weighted by Crippen LogP contribution is -2.44. The Bertz CT molecular complexity index is 832. The molecule has 0 aliphatic rings. The standard InChI is InChI=1S/C21H23ClN2O4/c1-13(2)12-18(24-19(25)14-4-8-16(22)9-5-14)20(26)23-17-10-6-15(7-11-17)21(27)28-3/h4-11,13,18H,12H2,1-3H3,(H,23,26)(H,24,25)/t18-/m0/s1. The highest BCUT2D eigenvalue weighted by molar-refractivity contribution is 6.30. The van der Waals surface area contributed by atoms with Crippen molar-refractivity contribution in [2.75, 3.05) is 12.4 Å². The van der Waals surface area contributed by atoms with Gasteiger partial charge in [-0.3, -0.25) is 9.59 Å². The average Bonchev–Trinajstić information content (AvgIpc) is 2.67. The summed E-state index contributed by atoms with van der Waals surface area (Å²) >= 11 is 5.85. The molecule has 0 aliphatic carbocycles. The van der Waals surface area contributed by atoms with E-state index in [2.05, 4.69) is 15.4 Å². The maximum Gasteiger partial charge on any atom is 0.337 e. The fourth-order valence-corrected chi connectivity index (χ4v) is 2.71. The molecule has 0 radical (unpaired) electrons. The number of rotatable bonds is 7. The summed E-state index contributed by atoms with van der Waals surface area (Å²) in [7, 11) is 1.30. The number of amides is 2. The number of hydrogen-bond acceptors (Lipinski definition) is 4. The molecule has 2 N–H and O–H groups in total. The number of ether oxygens (including phenoxy) is 1. The minimum absolute atomic E-state index is 0.197. The number of carbonyl (C=O) groups is 3. The Balaban J connectivity index is 2.08. The van der Waals surface area contributed by atoms with E-state index in [1.165, 1.54) is 7.11 Å². The second-order valence-corrected chi connectivity index (χ2v) is 7.16. The summed E-state index contributed by atoms with van der Waals surface area (Å²) in [4.78, 5) is 36.7. The first-order chi connectivity index (χ1) is 13.3. The van der Waals surface area contributed by atoms with Crippen molar-refractivity contribution < 1.29 is 19.1 Å². The number of esters is 1. The number of halogens is 1. The van der Waals surface area contributed by atoms with Gasteiger partial charge in [0.05, 0.1) is 12.7 Å². The Labute approximate surface area is 169 Å². The molecule has 0 aromatic heterocycles. The van der Waals surface area contributed by atoms with E-state index in [9.17, 15) is 14.4 Å². The Morgan fingerprint density at radius 2 is 1.54 bits per heavy atom. The summed E-state index contributed by atoms with van der Waals surface area (Å²) < 4.78 is 4.65. The van der Waals surface area contributed by atoms with Crippen LogP contribution in [0.1, 0.15) is 41.0 Å². The van der Waals surface area contributed by atoms with Crippen molar-refractivity contribution >= 4 is 35.1 Å². The van der Waals surface area contributed by atoms with Crippen molar-refractivity contribution in [2.24, 2.45) is 5.92 Å². The molecule has 0 aliphatic heterocycles. The minimum atomic E-state index is -0.705. The molecule has 148 valence electrons. The van der Waals surface area contributed by atoms with Crippen LogP contribution in [0.25, 0.3) is 0 Å². The smallest absolute Gasteiger partial charge is 0.337 e. The first kappa shape index (κ1) is 21.4. The molecule has 2 rings (SSSR count). The molecule has 0 saturated carbocycles. The van der Waals surface area contributed by atoms with E-state index in [1.807, 2.05) is 13.8 Å². The van der Waals surface area contributed by atoms with Gasteiger partial charge in [-0.25, -0.2) is 4.79 Å². The predicted molar refractivity (Wildman–Crippen MR) is 109 cm³/mol. The van der Waals surface area contributed by atoms with Crippen LogP contribution in [-0.4, -0.2) is 30.9 Å². The van der Waals surface area contributed by atoms with Crippen molar-refractivity contribution in [2.45, 2.75) is 26.3 Å². The van der Waals surface area contributed by atoms with Gasteiger partial charge < -0.3 is 15.4 Å². The molecule has 0 unspecified atom stereocenters. The Hall–Kier alpha value is -2.86. The molecule has 7 heteroatoms. The van der Waals surface area contributed by atoms with Crippen LogP contribution in [0, 0.1) is 5.92 Å². The van der Waals surface area contributed by atoms with Crippen LogP contribution < -0.4 is 10.6 Å². The third kappa shape index (κ3) is 6.09. The Kier molecular flexibility index (Phi) is 7.58. The van der Waals surface area contributed by atoms with Crippen LogP contribution in [0.4, 0.5) is 5.69 Å². The van der Waals surface area contributed by atoms with E-state index in [0.717, 1.165) is 0 Å². The number of benzene rings is 2. The van der Waals surface area contributed by atoms with Gasteiger partial charge in [0.2, 0.25) is 5.91 Å². The molecule has 1 atom stereocenters. The number of carbonyl (C=O) groups excluding carboxylic acids is 3. The maximum absolute atomic E-state index is 12.7. The minimum Gasteiger partial charge on any atom is -0.465 e. The zero-order valence-corrected chi connectivity index (χ0v) is 16.7. The summed E-state index contributed by atoms with van der Waals surface area (Å²) in [5.74, 6) is -0.936. The molecule has 2 aromatic rings. The SMILES string of the molecule is COC(=O)c1ccc(NC(=O)[C@H](CC(C)C)NC(=O)c2ccc(Cl)cc2)cc1. The normalized spacial score (nSPS) is 11.6. The van der Waals surface area contributed by atoms with Gasteiger partial charge in [0.25, 0.3) is 5.91 Å². The van der Waals surface area contributed by atoms with E-state index in [1.54, 1.807) is 48.5 Å². The van der Waals surface area contributed by atoms with Gasteiger partial charge in [-0.05, 0) is 60.9 Å². The van der Waals surface area contributed by atoms with E-state index in [4.69, 9.17) is 11.6 Å². The highest BCUT2D eigenvalue weighted by Gasteiger charge is 2.23. The van der Waals surface area contributed by atoms with E-state index < -0.39 is 12.0 Å². The first-order valence-electron chi connectivity index (χ1n) is 8.86. The molecule has 0 spiro atoms. The second-order valence-electron chi connectivity index (χ2n) is 6.72. The van der Waals surface area contributed by atoms with Crippen LogP contribution in [0.15, 0.2) is 48.5 Å². The molecular formula is C21H23ClN2O4. The van der Waals surface area contributed by atoms with Gasteiger partial charge >= 0.3 is 5.97 Å². The lowest BCUT2D eigenvalue weighted by molar-refractivity contribution is -0.118. The average molecular weight is 403 g/mol. The van der Waals surface area contributed by atoms with Gasteiger partial charge in [-0.15, -0.1) is 0 Å². The highest BCUT2D eigenvalue weighted by atomic mass is 35.5. The molecule has 0 saturated heterocycles. The van der Waals surface area contributed by atoms with Gasteiger partial charge in [0.15, 0.2) is 0 Å². The summed E-state index contributed by atoms with van der Waals surface area (Å²) in [5.41, 5.74) is 1.33. The fourth-order valence-electron chi connectivity index (χ4n) is 2.58. The summed E-state index contributed by atoms with van der Waals surface area (Å²) in [6.07, 6.45) is 0.478. The van der Waals surface area contributed by atoms with Gasteiger partial charge in [0.1, 0.15) is 6.04 Å². The third-order valence-electron chi connectivity index (χ3n) is 4.01. The molecule has 28 heavy (non-hydrogen) atoms. The van der Waals surface area contributed by atoms with E-state index >= 15 is 0 Å². The molecule has 0 fully saturated rings. The van der Waals surface area contributed by atoms with E-state index in [-0.39, 0.29) is 17.7 Å². The molecule has 0 bridgehead atoms. The van der Waals surface area contributed by atoms with Crippen LogP contribution in [0.5, 0.6) is 0 Å². The molecule has 6 nitrogen and oxygen atoms in total. The monoisotopic (exact) mass is 402 g/mol. The van der Waals surface area contributed by atoms with E-state index in [0.29, 0.717) is 28.3 Å². The summed E-state index contributed by atoms with van der Waals surface area (Å²) in [6, 6.07) is 12.1. The van der Waals surface area contributed by atoms with Crippen molar-refractivity contribution in [1.29, 1.82) is 0 Å². The van der Waals surface area contributed by atoms with Crippen LogP contribution in [0.3, 0.4) is 0 Å². The van der Waals surface area contributed by atoms with Crippen LogP contribution >= 0.6 is 11.6 Å². The zero-order chi connectivity index (χ0) is 20.7. The van der Waals surface area contributed by atoms with Gasteiger partial charge in [0, 0.05) is 16.3 Å². The second kappa shape index (κ2) is 9.90. The van der Waals surface area contributed by atoms with Crippen molar-refractivity contribution in [3.05, 3.63) is 64.7 Å². The maximum atomic E-state index is 12.7. The zero-order valence-electron chi connectivity index (χ0n) is 16.0. The summed E-state index contributed by atoms with van der Waals surface area (Å²) in [5, 5.41) is 6.08. The Morgan fingerprint density at radius 1 is 0.964 bits per heavy atom. The van der Waals surface area contributed by atoms with Crippen LogP contribution in [0.2, 0.25) is 5.02 Å². The third-order valence-corrected chi connectivity index (χ3v) is 4.26. The molecule has 2 aromatic carbocycles. The van der Waals surface area contributed by atoms with Gasteiger partial charge in [-0.1, -0.05) is 25.4 Å². The predicted octanol–water partition coefficient (Wildman–Crippen LogP) is 3.91. The molecule has 2 amide bonds.